The zero-order valence-electron chi connectivity index (χ0n) is 12.8. The van der Waals surface area contributed by atoms with Crippen LogP contribution in [-0.4, -0.2) is 5.91 Å². The number of rotatable bonds is 6. The highest BCUT2D eigenvalue weighted by molar-refractivity contribution is 5.79. The first kappa shape index (κ1) is 15.3. The van der Waals surface area contributed by atoms with Crippen molar-refractivity contribution in [2.75, 3.05) is 0 Å². The van der Waals surface area contributed by atoms with Crippen LogP contribution in [0.15, 0.2) is 60.7 Å². The van der Waals surface area contributed by atoms with Crippen LogP contribution in [0.5, 0.6) is 0 Å². The molecule has 1 N–H and O–H groups in total. The Morgan fingerprint density at radius 2 is 1.29 bits per heavy atom. The van der Waals surface area contributed by atoms with Gasteiger partial charge in [0.05, 0.1) is 6.04 Å². The highest BCUT2D eigenvalue weighted by atomic mass is 16.1. The van der Waals surface area contributed by atoms with Gasteiger partial charge in [-0.15, -0.1) is 0 Å². The zero-order valence-corrected chi connectivity index (χ0v) is 12.8. The lowest BCUT2D eigenvalue weighted by molar-refractivity contribution is -0.125. The first-order chi connectivity index (χ1) is 10.3. The Kier molecular flexibility index (Phi) is 5.56. The maximum Gasteiger partial charge on any atom is 0.223 e. The lowest BCUT2D eigenvalue weighted by Crippen LogP contribution is -2.34. The molecule has 110 valence electrons. The second kappa shape index (κ2) is 7.63. The molecule has 0 aliphatic rings. The zero-order chi connectivity index (χ0) is 15.1. The lowest BCUT2D eigenvalue weighted by atomic mass is 9.96. The highest BCUT2D eigenvalue weighted by Crippen LogP contribution is 2.23. The smallest absolute Gasteiger partial charge is 0.223 e. The summed E-state index contributed by atoms with van der Waals surface area (Å²) in [5.74, 6) is 0.220. The minimum Gasteiger partial charge on any atom is -0.345 e. The van der Waals surface area contributed by atoms with Gasteiger partial charge in [0.25, 0.3) is 0 Å². The van der Waals surface area contributed by atoms with Crippen LogP contribution in [0.4, 0.5) is 0 Å². The molecule has 0 saturated carbocycles. The molecule has 1 amide bonds. The molecule has 2 heteroatoms. The highest BCUT2D eigenvalue weighted by Gasteiger charge is 2.20. The summed E-state index contributed by atoms with van der Waals surface area (Å²) in [5, 5.41) is 3.21. The second-order valence-corrected chi connectivity index (χ2v) is 5.28. The molecule has 0 saturated heterocycles. The van der Waals surface area contributed by atoms with Crippen molar-refractivity contribution in [2.24, 2.45) is 5.92 Å². The maximum atomic E-state index is 12.5. The van der Waals surface area contributed by atoms with Crippen molar-refractivity contribution >= 4 is 5.91 Å². The number of amides is 1. The molecule has 2 rings (SSSR count). The molecule has 0 bridgehead atoms. The number of hydrogen-bond donors (Lipinski definition) is 1. The van der Waals surface area contributed by atoms with Gasteiger partial charge in [-0.3, -0.25) is 4.79 Å². The summed E-state index contributed by atoms with van der Waals surface area (Å²) < 4.78 is 0. The van der Waals surface area contributed by atoms with Gasteiger partial charge < -0.3 is 5.32 Å². The van der Waals surface area contributed by atoms with Gasteiger partial charge in [-0.05, 0) is 24.0 Å². The number of benzene rings is 2. The molecule has 0 atom stereocenters. The van der Waals surface area contributed by atoms with Crippen molar-refractivity contribution < 1.29 is 4.79 Å². The van der Waals surface area contributed by atoms with Crippen LogP contribution in [0.2, 0.25) is 0 Å². The van der Waals surface area contributed by atoms with Gasteiger partial charge in [0.1, 0.15) is 0 Å². The summed E-state index contributed by atoms with van der Waals surface area (Å²) in [4.78, 5) is 12.5. The van der Waals surface area contributed by atoms with E-state index in [4.69, 9.17) is 0 Å². The molecular weight excluding hydrogens is 258 g/mol. The van der Waals surface area contributed by atoms with E-state index in [1.165, 1.54) is 0 Å². The topological polar surface area (TPSA) is 29.1 Å². The normalized spacial score (nSPS) is 10.9. The monoisotopic (exact) mass is 281 g/mol. The molecule has 2 aromatic carbocycles. The molecule has 0 aliphatic heterocycles. The van der Waals surface area contributed by atoms with Gasteiger partial charge in [0.2, 0.25) is 5.91 Å². The first-order valence-corrected chi connectivity index (χ1v) is 7.66. The molecule has 2 aromatic rings. The van der Waals surface area contributed by atoms with Gasteiger partial charge in [0.15, 0.2) is 0 Å². The Bertz CT molecular complexity index is 507. The number of hydrogen-bond acceptors (Lipinski definition) is 1. The van der Waals surface area contributed by atoms with Crippen LogP contribution in [0.3, 0.4) is 0 Å². The largest absolute Gasteiger partial charge is 0.345 e. The predicted octanol–water partition coefficient (Wildman–Crippen LogP) is 4.33. The van der Waals surface area contributed by atoms with Crippen molar-refractivity contribution in [1.29, 1.82) is 0 Å². The molecule has 2 nitrogen and oxygen atoms in total. The third kappa shape index (κ3) is 3.94. The molecule has 0 fully saturated rings. The van der Waals surface area contributed by atoms with Crippen molar-refractivity contribution in [1.82, 2.24) is 5.32 Å². The Morgan fingerprint density at radius 3 is 1.67 bits per heavy atom. The van der Waals surface area contributed by atoms with E-state index < -0.39 is 0 Å². The molecule has 0 unspecified atom stereocenters. The van der Waals surface area contributed by atoms with E-state index in [9.17, 15) is 4.79 Å². The first-order valence-electron chi connectivity index (χ1n) is 7.66. The summed E-state index contributed by atoms with van der Waals surface area (Å²) in [7, 11) is 0. The summed E-state index contributed by atoms with van der Waals surface area (Å²) in [6.07, 6.45) is 1.75. The average molecular weight is 281 g/mol. The SMILES string of the molecule is CCC(CC)C(=O)NC(c1ccccc1)c1ccccc1. The molecule has 0 aliphatic carbocycles. The van der Waals surface area contributed by atoms with E-state index in [-0.39, 0.29) is 17.9 Å². The fraction of sp³-hybridized carbons (Fsp3) is 0.316. The fourth-order valence-electron chi connectivity index (χ4n) is 2.57. The Labute approximate surface area is 127 Å². The third-order valence-corrected chi connectivity index (χ3v) is 3.91. The fourth-order valence-corrected chi connectivity index (χ4v) is 2.57. The molecule has 0 spiro atoms. The van der Waals surface area contributed by atoms with E-state index in [1.54, 1.807) is 0 Å². The minimum absolute atomic E-state index is 0.0829. The predicted molar refractivity (Wildman–Crippen MR) is 86.9 cm³/mol. The van der Waals surface area contributed by atoms with Crippen LogP contribution >= 0.6 is 0 Å². The van der Waals surface area contributed by atoms with E-state index >= 15 is 0 Å². The molecule has 0 aromatic heterocycles. The van der Waals surface area contributed by atoms with Gasteiger partial charge >= 0.3 is 0 Å². The van der Waals surface area contributed by atoms with Crippen molar-refractivity contribution in [3.8, 4) is 0 Å². The van der Waals surface area contributed by atoms with E-state index in [0.717, 1.165) is 24.0 Å². The lowest BCUT2D eigenvalue weighted by Gasteiger charge is -2.22. The average Bonchev–Trinajstić information content (AvgIpc) is 2.55. The van der Waals surface area contributed by atoms with Gasteiger partial charge in [0, 0.05) is 5.92 Å². The van der Waals surface area contributed by atoms with Crippen LogP contribution in [-0.2, 0) is 4.79 Å². The van der Waals surface area contributed by atoms with Crippen LogP contribution < -0.4 is 5.32 Å². The Hall–Kier alpha value is -2.09. The number of nitrogens with one attached hydrogen (secondary N) is 1. The van der Waals surface area contributed by atoms with Crippen LogP contribution in [0, 0.1) is 5.92 Å². The quantitative estimate of drug-likeness (QED) is 0.839. The van der Waals surface area contributed by atoms with Crippen molar-refractivity contribution in [2.45, 2.75) is 32.7 Å². The number of carbonyl (C=O) groups excluding carboxylic acids is 1. The standard InChI is InChI=1S/C19H23NO/c1-3-15(4-2)19(21)20-18(16-11-7-5-8-12-16)17-13-9-6-10-14-17/h5-15,18H,3-4H2,1-2H3,(H,20,21). The van der Waals surface area contributed by atoms with Crippen molar-refractivity contribution in [3.63, 3.8) is 0 Å². The molecule has 21 heavy (non-hydrogen) atoms. The van der Waals surface area contributed by atoms with Crippen LogP contribution in [0.25, 0.3) is 0 Å². The van der Waals surface area contributed by atoms with E-state index in [2.05, 4.69) is 43.4 Å². The number of carbonyl (C=O) groups is 1. The van der Waals surface area contributed by atoms with Crippen LogP contribution in [0.1, 0.15) is 43.9 Å². The minimum atomic E-state index is -0.0829. The summed E-state index contributed by atoms with van der Waals surface area (Å²) in [5.41, 5.74) is 2.23. The summed E-state index contributed by atoms with van der Waals surface area (Å²) in [6.45, 7) is 4.13. The summed E-state index contributed by atoms with van der Waals surface area (Å²) in [6, 6.07) is 20.2. The molecule has 0 heterocycles. The summed E-state index contributed by atoms with van der Waals surface area (Å²) >= 11 is 0. The molecule has 0 radical (unpaired) electrons. The maximum absolute atomic E-state index is 12.5. The van der Waals surface area contributed by atoms with Crippen molar-refractivity contribution in [3.05, 3.63) is 71.8 Å². The van der Waals surface area contributed by atoms with E-state index in [1.807, 2.05) is 36.4 Å². The van der Waals surface area contributed by atoms with Gasteiger partial charge in [-0.1, -0.05) is 74.5 Å². The Balaban J connectivity index is 2.27. The van der Waals surface area contributed by atoms with E-state index in [0.29, 0.717) is 0 Å². The third-order valence-electron chi connectivity index (χ3n) is 3.91. The van der Waals surface area contributed by atoms with Gasteiger partial charge in [-0.2, -0.15) is 0 Å². The second-order valence-electron chi connectivity index (χ2n) is 5.28. The molecular formula is C19H23NO. The van der Waals surface area contributed by atoms with Gasteiger partial charge in [-0.25, -0.2) is 0 Å². The Morgan fingerprint density at radius 1 is 0.857 bits per heavy atom.